The van der Waals surface area contributed by atoms with Gasteiger partial charge < -0.3 is 4.74 Å². The molecule has 0 radical (unpaired) electrons. The van der Waals surface area contributed by atoms with Crippen LogP contribution in [-0.2, 0) is 9.53 Å². The number of methoxy groups -OCH3 is 1. The van der Waals surface area contributed by atoms with Gasteiger partial charge in [0.25, 0.3) is 0 Å². The quantitative estimate of drug-likeness (QED) is 0.601. The number of ketones is 1. The van der Waals surface area contributed by atoms with Crippen LogP contribution in [0.15, 0.2) is 18.2 Å². The summed E-state index contributed by atoms with van der Waals surface area (Å²) in [7, 11) is 1.22. The summed E-state index contributed by atoms with van der Waals surface area (Å²) >= 11 is 0. The van der Waals surface area contributed by atoms with Gasteiger partial charge in [-0.2, -0.15) is 0 Å². The van der Waals surface area contributed by atoms with E-state index in [4.69, 9.17) is 0 Å². The highest BCUT2D eigenvalue weighted by Crippen LogP contribution is 2.14. The Kier molecular flexibility index (Phi) is 4.31. The summed E-state index contributed by atoms with van der Waals surface area (Å²) in [6, 6.07) is 2.89. The van der Waals surface area contributed by atoms with Gasteiger partial charge in [-0.05, 0) is 18.2 Å². The van der Waals surface area contributed by atoms with Crippen molar-refractivity contribution >= 4 is 11.8 Å². The van der Waals surface area contributed by atoms with Crippen molar-refractivity contribution < 1.29 is 23.1 Å². The fraction of sp³-hybridized carbons (Fsp3) is 0.333. The van der Waals surface area contributed by atoms with Crippen LogP contribution in [-0.4, -0.2) is 18.9 Å². The molecule has 5 heteroatoms. The number of hydrogen-bond acceptors (Lipinski definition) is 3. The average Bonchev–Trinajstić information content (AvgIpc) is 2.31. The second-order valence-electron chi connectivity index (χ2n) is 3.68. The van der Waals surface area contributed by atoms with E-state index in [1.165, 1.54) is 20.1 Å². The molecule has 1 aromatic rings. The van der Waals surface area contributed by atoms with Gasteiger partial charge >= 0.3 is 5.97 Å². The summed E-state index contributed by atoms with van der Waals surface area (Å²) < 4.78 is 30.0. The number of hydrogen-bond donors (Lipinski definition) is 0. The van der Waals surface area contributed by atoms with E-state index < -0.39 is 29.3 Å². The maximum atomic E-state index is 12.9. The number of Topliss-reactive ketones (excluding diaryl/α,β-unsaturated/α-hetero) is 1. The van der Waals surface area contributed by atoms with Crippen molar-refractivity contribution in [3.63, 3.8) is 0 Å². The molecule has 0 aliphatic carbocycles. The Bertz CT molecular complexity index is 443. The average molecular weight is 242 g/mol. The predicted octanol–water partition coefficient (Wildman–Crippen LogP) is 2.35. The van der Waals surface area contributed by atoms with Crippen molar-refractivity contribution in [2.45, 2.75) is 13.3 Å². The van der Waals surface area contributed by atoms with Crippen LogP contribution in [0.2, 0.25) is 0 Å². The van der Waals surface area contributed by atoms with Gasteiger partial charge in [-0.1, -0.05) is 6.92 Å². The summed E-state index contributed by atoms with van der Waals surface area (Å²) in [5.41, 5.74) is 0.0413. The summed E-state index contributed by atoms with van der Waals surface area (Å²) in [6.07, 6.45) is -0.0995. The number of rotatable bonds is 4. The molecule has 0 bridgehead atoms. The number of carbonyl (C=O) groups is 2. The van der Waals surface area contributed by atoms with E-state index in [0.717, 1.165) is 12.1 Å². The number of esters is 1. The smallest absolute Gasteiger partial charge is 0.308 e. The fourth-order valence-corrected chi connectivity index (χ4v) is 1.35. The Balaban J connectivity index is 2.76. The van der Waals surface area contributed by atoms with Crippen molar-refractivity contribution in [3.8, 4) is 0 Å². The number of carbonyl (C=O) groups excluding carboxylic acids is 2. The summed E-state index contributed by atoms with van der Waals surface area (Å²) in [5, 5.41) is 0. The van der Waals surface area contributed by atoms with Crippen LogP contribution in [0, 0.1) is 17.6 Å². The SMILES string of the molecule is COC(=O)C(C)CC(=O)c1ccc(F)c(F)c1. The van der Waals surface area contributed by atoms with Gasteiger partial charge in [-0.3, -0.25) is 9.59 Å². The largest absolute Gasteiger partial charge is 0.469 e. The van der Waals surface area contributed by atoms with E-state index in [-0.39, 0.29) is 12.0 Å². The second-order valence-corrected chi connectivity index (χ2v) is 3.68. The number of ether oxygens (including phenoxy) is 1. The lowest BCUT2D eigenvalue weighted by Gasteiger charge is -2.08. The first kappa shape index (κ1) is 13.3. The van der Waals surface area contributed by atoms with Crippen LogP contribution in [0.4, 0.5) is 8.78 Å². The van der Waals surface area contributed by atoms with Gasteiger partial charge in [0.05, 0.1) is 13.0 Å². The maximum Gasteiger partial charge on any atom is 0.308 e. The molecule has 92 valence electrons. The van der Waals surface area contributed by atoms with E-state index in [0.29, 0.717) is 0 Å². The molecule has 0 aliphatic rings. The molecular weight excluding hydrogens is 230 g/mol. The Morgan fingerprint density at radius 3 is 2.47 bits per heavy atom. The lowest BCUT2D eigenvalue weighted by Crippen LogP contribution is -2.17. The first-order chi connectivity index (χ1) is 7.95. The monoisotopic (exact) mass is 242 g/mol. The summed E-state index contributed by atoms with van der Waals surface area (Å²) in [6.45, 7) is 1.53. The third-order valence-corrected chi connectivity index (χ3v) is 2.34. The minimum Gasteiger partial charge on any atom is -0.469 e. The molecule has 1 unspecified atom stereocenters. The number of halogens is 2. The standard InChI is InChI=1S/C12H12F2O3/c1-7(12(16)17-2)5-11(15)8-3-4-9(13)10(14)6-8/h3-4,6-7H,5H2,1-2H3. The van der Waals surface area contributed by atoms with Crippen LogP contribution < -0.4 is 0 Å². The second kappa shape index (κ2) is 5.52. The lowest BCUT2D eigenvalue weighted by molar-refractivity contribution is -0.144. The van der Waals surface area contributed by atoms with Crippen LogP contribution in [0.1, 0.15) is 23.7 Å². The zero-order valence-corrected chi connectivity index (χ0v) is 9.50. The molecule has 0 heterocycles. The summed E-state index contributed by atoms with van der Waals surface area (Å²) in [4.78, 5) is 22.7. The van der Waals surface area contributed by atoms with Gasteiger partial charge in [0, 0.05) is 12.0 Å². The van der Waals surface area contributed by atoms with Gasteiger partial charge in [-0.15, -0.1) is 0 Å². The van der Waals surface area contributed by atoms with Crippen LogP contribution >= 0.6 is 0 Å². The molecule has 0 saturated carbocycles. The molecule has 1 atom stereocenters. The normalized spacial score (nSPS) is 12.0. The molecule has 0 spiro atoms. The highest BCUT2D eigenvalue weighted by molar-refractivity contribution is 5.98. The maximum absolute atomic E-state index is 12.9. The predicted molar refractivity (Wildman–Crippen MR) is 56.5 cm³/mol. The fourth-order valence-electron chi connectivity index (χ4n) is 1.35. The third kappa shape index (κ3) is 3.34. The highest BCUT2D eigenvalue weighted by atomic mass is 19.2. The zero-order valence-electron chi connectivity index (χ0n) is 9.50. The number of benzene rings is 1. The molecule has 0 amide bonds. The van der Waals surface area contributed by atoms with Crippen molar-refractivity contribution in [2.75, 3.05) is 7.11 Å². The molecule has 1 aromatic carbocycles. The van der Waals surface area contributed by atoms with Crippen molar-refractivity contribution in [1.29, 1.82) is 0 Å². The Hall–Kier alpha value is -1.78. The van der Waals surface area contributed by atoms with Crippen LogP contribution in [0.3, 0.4) is 0 Å². The summed E-state index contributed by atoms with van der Waals surface area (Å²) in [5.74, 6) is -3.65. The van der Waals surface area contributed by atoms with E-state index in [2.05, 4.69) is 4.74 Å². The minimum atomic E-state index is -1.08. The van der Waals surface area contributed by atoms with Gasteiger partial charge in [0.1, 0.15) is 0 Å². The molecule has 0 saturated heterocycles. The van der Waals surface area contributed by atoms with E-state index >= 15 is 0 Å². The molecule has 0 aromatic heterocycles. The Labute approximate surface area is 97.4 Å². The third-order valence-electron chi connectivity index (χ3n) is 2.34. The highest BCUT2D eigenvalue weighted by Gasteiger charge is 2.19. The molecule has 3 nitrogen and oxygen atoms in total. The first-order valence-electron chi connectivity index (χ1n) is 5.01. The molecule has 0 N–H and O–H groups in total. The van der Waals surface area contributed by atoms with E-state index in [1.807, 2.05) is 0 Å². The Morgan fingerprint density at radius 1 is 1.29 bits per heavy atom. The molecule has 17 heavy (non-hydrogen) atoms. The molecule has 1 rings (SSSR count). The van der Waals surface area contributed by atoms with Crippen molar-refractivity contribution in [1.82, 2.24) is 0 Å². The lowest BCUT2D eigenvalue weighted by atomic mass is 10.00. The van der Waals surface area contributed by atoms with E-state index in [1.54, 1.807) is 0 Å². The topological polar surface area (TPSA) is 43.4 Å². The van der Waals surface area contributed by atoms with Crippen LogP contribution in [0.25, 0.3) is 0 Å². The minimum absolute atomic E-state index is 0.0413. The van der Waals surface area contributed by atoms with Gasteiger partial charge in [0.2, 0.25) is 0 Å². The van der Waals surface area contributed by atoms with E-state index in [9.17, 15) is 18.4 Å². The van der Waals surface area contributed by atoms with Gasteiger partial charge in [0.15, 0.2) is 17.4 Å². The molecular formula is C12H12F2O3. The zero-order chi connectivity index (χ0) is 13.0. The Morgan fingerprint density at radius 2 is 1.94 bits per heavy atom. The van der Waals surface area contributed by atoms with Crippen LogP contribution in [0.5, 0.6) is 0 Å². The van der Waals surface area contributed by atoms with Gasteiger partial charge in [-0.25, -0.2) is 8.78 Å². The molecule has 0 fully saturated rings. The molecule has 0 aliphatic heterocycles. The van der Waals surface area contributed by atoms with Crippen molar-refractivity contribution in [2.24, 2.45) is 5.92 Å². The first-order valence-corrected chi connectivity index (χ1v) is 5.01. The van der Waals surface area contributed by atoms with Crippen molar-refractivity contribution in [3.05, 3.63) is 35.4 Å².